The van der Waals surface area contributed by atoms with Crippen molar-refractivity contribution in [3.05, 3.63) is 138 Å². The Morgan fingerprint density at radius 1 is 0.787 bits per heavy atom. The molecule has 2 N–H and O–H groups in total. The summed E-state index contributed by atoms with van der Waals surface area (Å²) in [5.74, 6) is 0.517. The minimum Gasteiger partial charge on any atom is -0.381 e. The van der Waals surface area contributed by atoms with Gasteiger partial charge in [-0.1, -0.05) is 66.2 Å². The van der Waals surface area contributed by atoms with Gasteiger partial charge in [-0.05, 0) is 110 Å². The summed E-state index contributed by atoms with van der Waals surface area (Å²) in [5.41, 5.74) is 3.68. The number of nitrogens with zero attached hydrogens (tertiary/aromatic N) is 5. The van der Waals surface area contributed by atoms with Crippen LogP contribution < -0.4 is 14.9 Å². The summed E-state index contributed by atoms with van der Waals surface area (Å²) in [4.78, 5) is 16.1. The van der Waals surface area contributed by atoms with Crippen LogP contribution in [0.3, 0.4) is 0 Å². The maximum absolute atomic E-state index is 14.7. The van der Waals surface area contributed by atoms with E-state index in [1.807, 2.05) is 72.8 Å². The molecule has 6 aromatic rings. The molecule has 61 heavy (non-hydrogen) atoms. The van der Waals surface area contributed by atoms with Crippen LogP contribution in [0.5, 0.6) is 0 Å². The lowest BCUT2D eigenvalue weighted by Crippen LogP contribution is -2.46. The highest BCUT2D eigenvalue weighted by Gasteiger charge is 2.36. The number of hydrogen-bond acceptors (Lipinski definition) is 9. The lowest BCUT2D eigenvalue weighted by Gasteiger charge is -2.36. The van der Waals surface area contributed by atoms with Gasteiger partial charge in [0.1, 0.15) is 6.33 Å². The molecule has 0 bridgehead atoms. The Morgan fingerprint density at radius 2 is 1.52 bits per heavy atom. The van der Waals surface area contributed by atoms with Crippen LogP contribution in [0.25, 0.3) is 22.0 Å². The first kappa shape index (κ1) is 42.8. The van der Waals surface area contributed by atoms with Crippen LogP contribution in [0.1, 0.15) is 30.4 Å². The summed E-state index contributed by atoms with van der Waals surface area (Å²) in [7, 11) is -4.49. The minimum atomic E-state index is -4.82. The summed E-state index contributed by atoms with van der Waals surface area (Å²) in [6.07, 6.45) is -0.694. The van der Waals surface area contributed by atoms with Crippen molar-refractivity contribution in [1.29, 1.82) is 0 Å². The summed E-state index contributed by atoms with van der Waals surface area (Å²) < 4.78 is 74.1. The number of halogens is 4. The maximum atomic E-state index is 14.7. The van der Waals surface area contributed by atoms with Crippen molar-refractivity contribution < 1.29 is 21.6 Å². The van der Waals surface area contributed by atoms with E-state index in [1.165, 1.54) is 18.5 Å². The number of nitrogens with one attached hydrogen (secondary N) is 2. The molecule has 9 nitrogen and oxygen atoms in total. The Bertz CT molecular complexity index is 2540. The molecule has 1 unspecified atom stereocenters. The highest BCUT2D eigenvalue weighted by molar-refractivity contribution is 7.99. The molecule has 3 heterocycles. The number of sulfonamides is 1. The number of anilines is 3. The molecule has 2 saturated heterocycles. The van der Waals surface area contributed by atoms with E-state index in [0.29, 0.717) is 34.2 Å². The van der Waals surface area contributed by atoms with Crippen molar-refractivity contribution >= 4 is 61.5 Å². The average molecular weight is 887 g/mol. The normalized spacial score (nSPS) is 15.9. The molecule has 2 aliphatic rings. The number of aromatic nitrogens is 2. The average Bonchev–Trinajstić information content (AvgIpc) is 3.79. The molecular formula is C46H47ClF3N7O2S2. The van der Waals surface area contributed by atoms with E-state index in [0.717, 1.165) is 92.5 Å². The Morgan fingerprint density at radius 3 is 2.26 bits per heavy atom. The quantitative estimate of drug-likeness (QED) is 0.0978. The van der Waals surface area contributed by atoms with Gasteiger partial charge in [-0.15, -0.1) is 11.8 Å². The second-order valence-corrected chi connectivity index (χ2v) is 18.7. The van der Waals surface area contributed by atoms with Gasteiger partial charge < -0.3 is 15.1 Å². The fourth-order valence-electron chi connectivity index (χ4n) is 8.03. The van der Waals surface area contributed by atoms with Crippen LogP contribution in [0.15, 0.2) is 131 Å². The number of fused-ring (bicyclic) bond motifs is 1. The molecule has 5 aromatic carbocycles. The standard InChI is InChI=1S/C46H47ClF3N7O2S2/c47-35-13-16-40(33-9-3-1-4-10-33)34(27-35)30-56-23-25-57(26-24-56)37-14-17-41-44(28-37)51-32-52-45(41)54-61(58,59)39-15-18-43(42(29-39)46(48,49)50)53-36(19-22-55-20-7-8-21-55)31-60-38-11-5-2-6-12-38/h1-6,9-18,27-29,32,36,53H,7-8,19-26,30-31H2,(H,51,52,54). The van der Waals surface area contributed by atoms with Gasteiger partial charge in [-0.25, -0.2) is 18.4 Å². The van der Waals surface area contributed by atoms with E-state index in [4.69, 9.17) is 11.6 Å². The lowest BCUT2D eigenvalue weighted by atomic mass is 9.99. The summed E-state index contributed by atoms with van der Waals surface area (Å²) in [6.45, 7) is 6.62. The minimum absolute atomic E-state index is 0.0206. The topological polar surface area (TPSA) is 93.7 Å². The van der Waals surface area contributed by atoms with E-state index in [2.05, 4.69) is 52.9 Å². The SMILES string of the molecule is O=S(=O)(Nc1ncnc2cc(N3CCN(Cc4cc(Cl)ccc4-c4ccccc4)CC3)ccc12)c1ccc(NC(CCN2CCCC2)CSc2ccccc2)c(C(F)(F)F)c1. The van der Waals surface area contributed by atoms with Crippen LogP contribution in [-0.4, -0.2) is 85.8 Å². The molecular weight excluding hydrogens is 839 g/mol. The molecule has 1 atom stereocenters. The van der Waals surface area contributed by atoms with Gasteiger partial charge in [0.15, 0.2) is 5.82 Å². The van der Waals surface area contributed by atoms with Crippen LogP contribution in [0.4, 0.5) is 30.4 Å². The van der Waals surface area contributed by atoms with Crippen molar-refractivity contribution in [1.82, 2.24) is 19.8 Å². The van der Waals surface area contributed by atoms with Crippen molar-refractivity contribution in [2.75, 3.05) is 66.5 Å². The fourth-order valence-corrected chi connectivity index (χ4v) is 10.3. The molecule has 2 aliphatic heterocycles. The van der Waals surface area contributed by atoms with Crippen molar-refractivity contribution in [3.8, 4) is 11.1 Å². The smallest absolute Gasteiger partial charge is 0.381 e. The third kappa shape index (κ3) is 10.8. The van der Waals surface area contributed by atoms with Crippen LogP contribution in [0, 0.1) is 0 Å². The van der Waals surface area contributed by atoms with E-state index in [-0.39, 0.29) is 17.5 Å². The number of likely N-dealkylation sites (tertiary alicyclic amines) is 1. The van der Waals surface area contributed by atoms with E-state index >= 15 is 0 Å². The molecule has 2 fully saturated rings. The van der Waals surface area contributed by atoms with Gasteiger partial charge in [0.05, 0.1) is 16.0 Å². The van der Waals surface area contributed by atoms with Crippen LogP contribution in [-0.2, 0) is 22.7 Å². The van der Waals surface area contributed by atoms with Gasteiger partial charge in [0.25, 0.3) is 10.0 Å². The Kier molecular flexibility index (Phi) is 13.4. The number of rotatable bonds is 15. The first-order chi connectivity index (χ1) is 29.5. The molecule has 1 aromatic heterocycles. The predicted molar refractivity (Wildman–Crippen MR) is 241 cm³/mol. The second-order valence-electron chi connectivity index (χ2n) is 15.5. The molecule has 0 radical (unpaired) electrons. The molecule has 318 valence electrons. The molecule has 8 rings (SSSR count). The second kappa shape index (κ2) is 19.0. The molecule has 0 aliphatic carbocycles. The number of thioether (sulfide) groups is 1. The summed E-state index contributed by atoms with van der Waals surface area (Å²) in [6, 6.07) is 34.4. The zero-order chi connectivity index (χ0) is 42.4. The lowest BCUT2D eigenvalue weighted by molar-refractivity contribution is -0.137. The predicted octanol–water partition coefficient (Wildman–Crippen LogP) is 10.2. The summed E-state index contributed by atoms with van der Waals surface area (Å²) >= 11 is 8.00. The zero-order valence-electron chi connectivity index (χ0n) is 33.5. The Balaban J connectivity index is 0.952. The van der Waals surface area contributed by atoms with Gasteiger partial charge in [0, 0.05) is 77.7 Å². The largest absolute Gasteiger partial charge is 0.418 e. The first-order valence-electron chi connectivity index (χ1n) is 20.5. The first-order valence-corrected chi connectivity index (χ1v) is 23.3. The van der Waals surface area contributed by atoms with Crippen molar-refractivity contribution in [3.63, 3.8) is 0 Å². The van der Waals surface area contributed by atoms with Crippen LogP contribution >= 0.6 is 23.4 Å². The summed E-state index contributed by atoms with van der Waals surface area (Å²) in [5, 5.41) is 4.27. The van der Waals surface area contributed by atoms with Gasteiger partial charge in [-0.2, -0.15) is 13.2 Å². The molecule has 15 heteroatoms. The number of alkyl halides is 3. The Labute approximate surface area is 364 Å². The highest BCUT2D eigenvalue weighted by Crippen LogP contribution is 2.38. The van der Waals surface area contributed by atoms with Crippen LogP contribution in [0.2, 0.25) is 5.02 Å². The van der Waals surface area contributed by atoms with E-state index < -0.39 is 26.7 Å². The third-order valence-corrected chi connectivity index (χ3v) is 14.0. The van der Waals surface area contributed by atoms with Crippen molar-refractivity contribution in [2.45, 2.75) is 47.8 Å². The third-order valence-electron chi connectivity index (χ3n) is 11.3. The van der Waals surface area contributed by atoms with Gasteiger partial charge >= 0.3 is 6.18 Å². The van der Waals surface area contributed by atoms with Crippen molar-refractivity contribution in [2.24, 2.45) is 0 Å². The number of piperazine rings is 1. The number of benzene rings is 5. The zero-order valence-corrected chi connectivity index (χ0v) is 35.9. The Hall–Kier alpha value is -4.86. The monoisotopic (exact) mass is 885 g/mol. The van der Waals surface area contributed by atoms with Gasteiger partial charge in [-0.3, -0.25) is 9.62 Å². The molecule has 0 saturated carbocycles. The molecule has 0 spiro atoms. The highest BCUT2D eigenvalue weighted by atomic mass is 35.5. The van der Waals surface area contributed by atoms with E-state index in [1.54, 1.807) is 17.8 Å². The fraction of sp³-hybridized carbons (Fsp3) is 0.304. The maximum Gasteiger partial charge on any atom is 0.418 e. The van der Waals surface area contributed by atoms with Gasteiger partial charge in [0.2, 0.25) is 0 Å². The molecule has 0 amide bonds. The number of hydrogen-bond donors (Lipinski definition) is 2. The van der Waals surface area contributed by atoms with E-state index in [9.17, 15) is 21.6 Å².